The Hall–Kier alpha value is -4.01. The maximum absolute atomic E-state index is 7.51. The summed E-state index contributed by atoms with van der Waals surface area (Å²) in [6, 6.07) is 0. The topological polar surface area (TPSA) is 132 Å². The van der Waals surface area contributed by atoms with E-state index in [1.165, 1.54) is 17.3 Å². The van der Waals surface area contributed by atoms with E-state index in [2.05, 4.69) is 50.3 Å². The third kappa shape index (κ3) is 3.12. The number of rotatable bonds is 3. The number of hydrogen-bond acceptors (Lipinski definition) is 8. The average molecular weight is 390 g/mol. The molecule has 4 aromatic heterocycles. The standard InChI is InChI=1S/C17H18N12/c1-9-11(18-6)15(28(25-9)16-20-7-19-8-21-16)24-23-12-13(17(3,4)5)27-29-14(12)22-10(2)26-29/h7-8,27H,1-5H3. The van der Waals surface area contributed by atoms with Crippen LogP contribution in [0.25, 0.3) is 16.4 Å². The normalized spacial score (nSPS) is 12.1. The van der Waals surface area contributed by atoms with Gasteiger partial charge in [0.1, 0.15) is 18.5 Å². The van der Waals surface area contributed by atoms with Crippen molar-refractivity contribution in [3.05, 3.63) is 41.3 Å². The largest absolute Gasteiger partial charge is 0.277 e. The number of aryl methyl sites for hydroxylation is 2. The molecule has 0 aliphatic rings. The minimum atomic E-state index is -0.252. The Morgan fingerprint density at radius 3 is 2.48 bits per heavy atom. The molecule has 1 N–H and O–H groups in total. The predicted octanol–water partition coefficient (Wildman–Crippen LogP) is 3.31. The summed E-state index contributed by atoms with van der Waals surface area (Å²) in [4.78, 5) is 20.0. The van der Waals surface area contributed by atoms with E-state index >= 15 is 0 Å². The molecule has 0 aliphatic heterocycles. The summed E-state index contributed by atoms with van der Waals surface area (Å²) >= 11 is 0. The summed E-state index contributed by atoms with van der Waals surface area (Å²) < 4.78 is 2.96. The summed E-state index contributed by atoms with van der Waals surface area (Å²) in [6.07, 6.45) is 2.70. The van der Waals surface area contributed by atoms with Crippen LogP contribution in [-0.2, 0) is 5.41 Å². The Morgan fingerprint density at radius 2 is 1.83 bits per heavy atom. The molecule has 0 radical (unpaired) electrons. The van der Waals surface area contributed by atoms with Gasteiger partial charge >= 0.3 is 0 Å². The third-order valence-corrected chi connectivity index (χ3v) is 4.16. The van der Waals surface area contributed by atoms with Crippen LogP contribution < -0.4 is 0 Å². The van der Waals surface area contributed by atoms with Gasteiger partial charge in [0, 0.05) is 5.41 Å². The van der Waals surface area contributed by atoms with Gasteiger partial charge in [0.2, 0.25) is 5.65 Å². The first kappa shape index (κ1) is 18.4. The number of aromatic nitrogens is 9. The van der Waals surface area contributed by atoms with Crippen LogP contribution in [0.15, 0.2) is 22.9 Å². The number of azo groups is 1. The third-order valence-electron chi connectivity index (χ3n) is 4.16. The number of hydrogen-bond donors (Lipinski definition) is 1. The second-order valence-electron chi connectivity index (χ2n) is 7.40. The SMILES string of the molecule is [C-]#[N+]c1c(C)nn(-c2ncncn2)c1N=Nc1c(C(C)(C)C)[nH]n2nc(C)nc12. The van der Waals surface area contributed by atoms with Crippen LogP contribution in [0.5, 0.6) is 0 Å². The van der Waals surface area contributed by atoms with Crippen molar-refractivity contribution in [3.63, 3.8) is 0 Å². The van der Waals surface area contributed by atoms with Crippen LogP contribution >= 0.6 is 0 Å². The Balaban J connectivity index is 1.91. The molecule has 29 heavy (non-hydrogen) atoms. The van der Waals surface area contributed by atoms with Gasteiger partial charge in [-0.2, -0.15) is 24.4 Å². The van der Waals surface area contributed by atoms with Crippen molar-refractivity contribution < 1.29 is 0 Å². The van der Waals surface area contributed by atoms with Crippen molar-refractivity contribution in [3.8, 4) is 5.95 Å². The highest BCUT2D eigenvalue weighted by Crippen LogP contribution is 2.37. The second-order valence-corrected chi connectivity index (χ2v) is 7.40. The van der Waals surface area contributed by atoms with Crippen molar-refractivity contribution in [1.82, 2.24) is 44.5 Å². The van der Waals surface area contributed by atoms with Crippen molar-refractivity contribution in [2.24, 2.45) is 10.2 Å². The molecule has 4 rings (SSSR count). The smallest absolute Gasteiger partial charge is 0.255 e. The molecule has 0 spiro atoms. The summed E-state index contributed by atoms with van der Waals surface area (Å²) in [5, 5.41) is 20.7. The maximum Gasteiger partial charge on any atom is 0.255 e. The van der Waals surface area contributed by atoms with Gasteiger partial charge < -0.3 is 0 Å². The van der Waals surface area contributed by atoms with E-state index in [-0.39, 0.29) is 22.9 Å². The molecule has 0 saturated carbocycles. The molecular weight excluding hydrogens is 372 g/mol. The molecule has 12 nitrogen and oxygen atoms in total. The molecule has 0 amide bonds. The second kappa shape index (κ2) is 6.55. The number of nitrogens with one attached hydrogen (secondary N) is 1. The first-order chi connectivity index (χ1) is 13.8. The van der Waals surface area contributed by atoms with Crippen LogP contribution in [-0.4, -0.2) is 44.5 Å². The molecule has 0 fully saturated rings. The molecular formula is C17H18N12. The lowest BCUT2D eigenvalue weighted by Crippen LogP contribution is -2.12. The first-order valence-corrected chi connectivity index (χ1v) is 8.76. The molecule has 4 heterocycles. The quantitative estimate of drug-likeness (QED) is 0.422. The van der Waals surface area contributed by atoms with Crippen molar-refractivity contribution >= 4 is 22.8 Å². The minimum absolute atomic E-state index is 0.235. The number of H-pyrrole nitrogens is 1. The van der Waals surface area contributed by atoms with Gasteiger partial charge in [-0.3, -0.25) is 5.10 Å². The Kier molecular flexibility index (Phi) is 4.15. The molecule has 0 atom stereocenters. The highest BCUT2D eigenvalue weighted by atomic mass is 15.5. The highest BCUT2D eigenvalue weighted by Gasteiger charge is 2.26. The van der Waals surface area contributed by atoms with Crippen LogP contribution in [0.4, 0.5) is 17.2 Å². The van der Waals surface area contributed by atoms with E-state index in [1.54, 1.807) is 18.5 Å². The van der Waals surface area contributed by atoms with Crippen LogP contribution in [0, 0.1) is 20.4 Å². The van der Waals surface area contributed by atoms with Gasteiger partial charge in [-0.25, -0.2) is 14.8 Å². The summed E-state index contributed by atoms with van der Waals surface area (Å²) in [6.45, 7) is 17.2. The lowest BCUT2D eigenvalue weighted by molar-refractivity contribution is 0.557. The summed E-state index contributed by atoms with van der Waals surface area (Å²) in [7, 11) is 0. The van der Waals surface area contributed by atoms with Crippen LogP contribution in [0.3, 0.4) is 0 Å². The molecule has 0 saturated heterocycles. The molecule has 0 unspecified atom stereocenters. The molecule has 146 valence electrons. The van der Waals surface area contributed by atoms with Gasteiger partial charge in [-0.05, 0) is 13.8 Å². The summed E-state index contributed by atoms with van der Waals surface area (Å²) in [5.41, 5.74) is 2.46. The molecule has 4 aromatic rings. The van der Waals surface area contributed by atoms with E-state index in [0.29, 0.717) is 22.9 Å². The van der Waals surface area contributed by atoms with E-state index in [0.717, 1.165) is 5.69 Å². The van der Waals surface area contributed by atoms with Crippen LogP contribution in [0.2, 0.25) is 0 Å². The molecule has 0 aliphatic carbocycles. The van der Waals surface area contributed by atoms with Crippen molar-refractivity contribution in [1.29, 1.82) is 0 Å². The fourth-order valence-corrected chi connectivity index (χ4v) is 2.84. The zero-order valence-corrected chi connectivity index (χ0v) is 16.6. The maximum atomic E-state index is 7.51. The fourth-order valence-electron chi connectivity index (χ4n) is 2.84. The van der Waals surface area contributed by atoms with E-state index in [9.17, 15) is 0 Å². The van der Waals surface area contributed by atoms with Gasteiger partial charge in [-0.15, -0.1) is 15.3 Å². The molecule has 0 aromatic carbocycles. The first-order valence-electron chi connectivity index (χ1n) is 8.76. The highest BCUT2D eigenvalue weighted by molar-refractivity contribution is 5.70. The van der Waals surface area contributed by atoms with Crippen LogP contribution in [0.1, 0.15) is 38.0 Å². The molecule has 12 heteroatoms. The van der Waals surface area contributed by atoms with E-state index in [1.807, 2.05) is 20.8 Å². The van der Waals surface area contributed by atoms with Crippen molar-refractivity contribution in [2.45, 2.75) is 40.0 Å². The van der Waals surface area contributed by atoms with Gasteiger partial charge in [-0.1, -0.05) is 20.8 Å². The van der Waals surface area contributed by atoms with Gasteiger partial charge in [0.25, 0.3) is 11.6 Å². The van der Waals surface area contributed by atoms with Gasteiger partial charge in [0.05, 0.1) is 18.0 Å². The number of nitrogens with zero attached hydrogens (tertiary/aromatic N) is 11. The lowest BCUT2D eigenvalue weighted by Gasteiger charge is -2.16. The predicted molar refractivity (Wildman–Crippen MR) is 103 cm³/mol. The Morgan fingerprint density at radius 1 is 1.10 bits per heavy atom. The Labute approximate surface area is 165 Å². The zero-order valence-electron chi connectivity index (χ0n) is 16.6. The number of aromatic amines is 1. The minimum Gasteiger partial charge on any atom is -0.277 e. The summed E-state index contributed by atoms with van der Waals surface area (Å²) in [5.74, 6) is 1.10. The Bertz CT molecular complexity index is 1260. The zero-order chi connectivity index (χ0) is 20.8. The average Bonchev–Trinajstić information content (AvgIpc) is 3.30. The fraction of sp³-hybridized carbons (Fsp3) is 0.353. The lowest BCUT2D eigenvalue weighted by atomic mass is 9.91. The van der Waals surface area contributed by atoms with E-state index in [4.69, 9.17) is 6.57 Å². The van der Waals surface area contributed by atoms with E-state index < -0.39 is 0 Å². The van der Waals surface area contributed by atoms with Gasteiger partial charge in [0.15, 0.2) is 11.5 Å². The monoisotopic (exact) mass is 390 g/mol. The molecule has 0 bridgehead atoms. The number of fused-ring (bicyclic) bond motifs is 1. The van der Waals surface area contributed by atoms with Crippen molar-refractivity contribution in [2.75, 3.05) is 0 Å².